The number of pyridine rings is 1. The second kappa shape index (κ2) is 9.24. The lowest BCUT2D eigenvalue weighted by Crippen LogP contribution is -2.23. The average Bonchev–Trinajstić information content (AvgIpc) is 2.50. The molecule has 6 heteroatoms. The Bertz CT molecular complexity index is 597. The number of halogens is 1. The van der Waals surface area contributed by atoms with Crippen molar-refractivity contribution in [2.75, 3.05) is 19.0 Å². The van der Waals surface area contributed by atoms with Gasteiger partial charge in [-0.1, -0.05) is 6.07 Å². The number of aromatic nitrogens is 1. The van der Waals surface area contributed by atoms with Gasteiger partial charge in [-0.2, -0.15) is 0 Å². The Labute approximate surface area is 148 Å². The lowest BCUT2D eigenvalue weighted by atomic mass is 10.2. The highest BCUT2D eigenvalue weighted by molar-refractivity contribution is 14.0. The van der Waals surface area contributed by atoms with Crippen LogP contribution in [0.3, 0.4) is 0 Å². The largest absolute Gasteiger partial charge is 0.497 e. The Morgan fingerprint density at radius 1 is 1.23 bits per heavy atom. The molecule has 0 saturated heterocycles. The van der Waals surface area contributed by atoms with Gasteiger partial charge in [0.2, 0.25) is 0 Å². The van der Waals surface area contributed by atoms with Gasteiger partial charge in [-0.3, -0.25) is 9.98 Å². The van der Waals surface area contributed by atoms with Gasteiger partial charge in [-0.15, -0.1) is 24.0 Å². The van der Waals surface area contributed by atoms with Crippen molar-refractivity contribution in [1.82, 2.24) is 4.98 Å². The van der Waals surface area contributed by atoms with Gasteiger partial charge in [0.15, 0.2) is 5.96 Å². The summed E-state index contributed by atoms with van der Waals surface area (Å²) in [5, 5.41) is 3.05. The number of nitrogens with two attached hydrogens (primary N) is 1. The summed E-state index contributed by atoms with van der Waals surface area (Å²) in [5.74, 6) is 1.21. The number of nitrogens with zero attached hydrogens (tertiary/aromatic N) is 2. The minimum atomic E-state index is 0. The van der Waals surface area contributed by atoms with Crippen molar-refractivity contribution in [3.05, 3.63) is 53.9 Å². The van der Waals surface area contributed by atoms with Gasteiger partial charge < -0.3 is 15.8 Å². The summed E-state index contributed by atoms with van der Waals surface area (Å²) in [4.78, 5) is 8.56. The fourth-order valence-corrected chi connectivity index (χ4v) is 1.81. The van der Waals surface area contributed by atoms with E-state index in [0.717, 1.165) is 29.1 Å². The summed E-state index contributed by atoms with van der Waals surface area (Å²) in [6.45, 7) is 2.60. The predicted molar refractivity (Wildman–Crippen MR) is 101 cm³/mol. The van der Waals surface area contributed by atoms with Gasteiger partial charge in [-0.05, 0) is 49.2 Å². The summed E-state index contributed by atoms with van der Waals surface area (Å²) in [5.41, 5.74) is 8.91. The molecule has 0 aliphatic carbocycles. The lowest BCUT2D eigenvalue weighted by Gasteiger charge is -2.06. The van der Waals surface area contributed by atoms with E-state index in [4.69, 9.17) is 10.5 Å². The van der Waals surface area contributed by atoms with Crippen LogP contribution in [0.25, 0.3) is 0 Å². The summed E-state index contributed by atoms with van der Waals surface area (Å²) in [6, 6.07) is 11.6. The first-order chi connectivity index (χ1) is 10.2. The number of hydrogen-bond acceptors (Lipinski definition) is 3. The van der Waals surface area contributed by atoms with Crippen molar-refractivity contribution < 1.29 is 4.74 Å². The number of nitrogens with one attached hydrogen (secondary N) is 1. The highest BCUT2D eigenvalue weighted by Gasteiger charge is 1.97. The van der Waals surface area contributed by atoms with Gasteiger partial charge in [-0.25, -0.2) is 0 Å². The quantitative estimate of drug-likeness (QED) is 0.450. The molecule has 0 unspecified atom stereocenters. The normalized spacial score (nSPS) is 10.7. The van der Waals surface area contributed by atoms with Crippen molar-refractivity contribution in [3.63, 3.8) is 0 Å². The first-order valence-corrected chi connectivity index (χ1v) is 6.80. The van der Waals surface area contributed by atoms with Crippen LogP contribution in [0, 0.1) is 6.92 Å². The third kappa shape index (κ3) is 5.88. The Hall–Kier alpha value is -1.83. The zero-order valence-electron chi connectivity index (χ0n) is 12.7. The van der Waals surface area contributed by atoms with E-state index in [1.54, 1.807) is 7.11 Å². The Morgan fingerprint density at radius 3 is 2.55 bits per heavy atom. The van der Waals surface area contributed by atoms with E-state index in [9.17, 15) is 0 Å². The number of rotatable bonds is 5. The second-order valence-corrected chi connectivity index (χ2v) is 4.68. The van der Waals surface area contributed by atoms with E-state index in [1.807, 2.05) is 43.5 Å². The first-order valence-electron chi connectivity index (χ1n) is 6.80. The highest BCUT2D eigenvalue weighted by atomic mass is 127. The molecular weight excluding hydrogens is 391 g/mol. The molecule has 0 aliphatic heterocycles. The van der Waals surface area contributed by atoms with Crippen molar-refractivity contribution >= 4 is 35.6 Å². The molecule has 118 valence electrons. The molecule has 0 aliphatic rings. The van der Waals surface area contributed by atoms with E-state index >= 15 is 0 Å². The van der Waals surface area contributed by atoms with Crippen LogP contribution in [0.4, 0.5) is 5.69 Å². The number of aliphatic imine (C=N–C) groups is 1. The van der Waals surface area contributed by atoms with Gasteiger partial charge in [0.25, 0.3) is 0 Å². The standard InChI is InChI=1S/C16H20N4O.HI/c1-12-3-4-13(11-19-12)9-10-18-16(17)20-14-5-7-15(21-2)8-6-14;/h3-8,11H,9-10H2,1-2H3,(H3,17,18,20);1H. The molecule has 0 amide bonds. The molecule has 0 fully saturated rings. The molecule has 5 nitrogen and oxygen atoms in total. The maximum Gasteiger partial charge on any atom is 0.193 e. The number of benzene rings is 1. The monoisotopic (exact) mass is 412 g/mol. The Morgan fingerprint density at radius 2 is 1.95 bits per heavy atom. The number of methoxy groups -OCH3 is 1. The number of anilines is 1. The van der Waals surface area contributed by atoms with Crippen LogP contribution < -0.4 is 15.8 Å². The van der Waals surface area contributed by atoms with E-state index in [-0.39, 0.29) is 24.0 Å². The van der Waals surface area contributed by atoms with Crippen LogP contribution in [0.2, 0.25) is 0 Å². The van der Waals surface area contributed by atoms with E-state index in [2.05, 4.69) is 21.4 Å². The Balaban J connectivity index is 0.00000242. The first kappa shape index (κ1) is 18.2. The predicted octanol–water partition coefficient (Wildman–Crippen LogP) is 2.99. The van der Waals surface area contributed by atoms with Gasteiger partial charge >= 0.3 is 0 Å². The Kier molecular flexibility index (Phi) is 7.65. The molecule has 2 rings (SSSR count). The van der Waals surface area contributed by atoms with Crippen molar-refractivity contribution in [3.8, 4) is 5.75 Å². The molecule has 3 N–H and O–H groups in total. The number of ether oxygens (including phenoxy) is 1. The molecule has 0 atom stereocenters. The van der Waals surface area contributed by atoms with Crippen LogP contribution in [0.5, 0.6) is 5.75 Å². The molecule has 0 radical (unpaired) electrons. The summed E-state index contributed by atoms with van der Waals surface area (Å²) in [6.07, 6.45) is 2.69. The second-order valence-electron chi connectivity index (χ2n) is 4.68. The lowest BCUT2D eigenvalue weighted by molar-refractivity contribution is 0.415. The fourth-order valence-electron chi connectivity index (χ4n) is 1.81. The molecule has 2 aromatic rings. The average molecular weight is 412 g/mol. The van der Waals surface area contributed by atoms with E-state index in [1.165, 1.54) is 0 Å². The molecule has 1 aromatic carbocycles. The number of guanidine groups is 1. The zero-order valence-corrected chi connectivity index (χ0v) is 15.1. The maximum atomic E-state index is 5.86. The highest BCUT2D eigenvalue weighted by Crippen LogP contribution is 2.14. The summed E-state index contributed by atoms with van der Waals surface area (Å²) >= 11 is 0. The summed E-state index contributed by atoms with van der Waals surface area (Å²) < 4.78 is 5.10. The molecule has 0 spiro atoms. The van der Waals surface area contributed by atoms with Gasteiger partial charge in [0, 0.05) is 24.1 Å². The maximum absolute atomic E-state index is 5.86. The van der Waals surface area contributed by atoms with Crippen LogP contribution in [-0.4, -0.2) is 24.6 Å². The third-order valence-electron chi connectivity index (χ3n) is 3.02. The van der Waals surface area contributed by atoms with Crippen LogP contribution >= 0.6 is 24.0 Å². The topological polar surface area (TPSA) is 72.5 Å². The van der Waals surface area contributed by atoms with Crippen molar-refractivity contribution in [2.45, 2.75) is 13.3 Å². The van der Waals surface area contributed by atoms with Gasteiger partial charge in [0.1, 0.15) is 5.75 Å². The number of aryl methyl sites for hydroxylation is 1. The molecule has 1 heterocycles. The van der Waals surface area contributed by atoms with Crippen LogP contribution in [0.1, 0.15) is 11.3 Å². The van der Waals surface area contributed by atoms with Crippen molar-refractivity contribution in [2.24, 2.45) is 10.7 Å². The van der Waals surface area contributed by atoms with E-state index < -0.39 is 0 Å². The molecule has 0 bridgehead atoms. The molecule has 1 aromatic heterocycles. The summed E-state index contributed by atoms with van der Waals surface area (Å²) in [7, 11) is 1.64. The minimum absolute atomic E-state index is 0. The van der Waals surface area contributed by atoms with Crippen LogP contribution in [-0.2, 0) is 6.42 Å². The van der Waals surface area contributed by atoms with E-state index in [0.29, 0.717) is 12.5 Å². The number of hydrogen-bond donors (Lipinski definition) is 2. The zero-order chi connectivity index (χ0) is 15.1. The fraction of sp³-hybridized carbons (Fsp3) is 0.250. The SMILES string of the molecule is COc1ccc(NC(N)=NCCc2ccc(C)nc2)cc1.I. The molecule has 0 saturated carbocycles. The molecule has 22 heavy (non-hydrogen) atoms. The van der Waals surface area contributed by atoms with Crippen LogP contribution in [0.15, 0.2) is 47.6 Å². The molecular formula is C16H21IN4O. The van der Waals surface area contributed by atoms with Gasteiger partial charge in [0.05, 0.1) is 7.11 Å². The third-order valence-corrected chi connectivity index (χ3v) is 3.02. The smallest absolute Gasteiger partial charge is 0.193 e. The minimum Gasteiger partial charge on any atom is -0.497 e. The van der Waals surface area contributed by atoms with Crippen molar-refractivity contribution in [1.29, 1.82) is 0 Å².